The van der Waals surface area contributed by atoms with E-state index >= 15 is 0 Å². The van der Waals surface area contributed by atoms with Gasteiger partial charge in [-0.05, 0) is 11.1 Å². The van der Waals surface area contributed by atoms with Crippen LogP contribution in [0.1, 0.15) is 23.5 Å². The summed E-state index contributed by atoms with van der Waals surface area (Å²) < 4.78 is 6.79. The number of benzene rings is 2. The Balaban J connectivity index is 1.70. The number of methoxy groups -OCH3 is 1. The van der Waals surface area contributed by atoms with Crippen LogP contribution >= 0.6 is 0 Å². The van der Waals surface area contributed by atoms with Crippen molar-refractivity contribution in [3.8, 4) is 0 Å². The van der Waals surface area contributed by atoms with Crippen molar-refractivity contribution in [2.45, 2.75) is 18.9 Å². The summed E-state index contributed by atoms with van der Waals surface area (Å²) in [5.41, 5.74) is 2.96. The molecule has 0 aliphatic rings. The zero-order valence-corrected chi connectivity index (χ0v) is 14.8. The zero-order valence-electron chi connectivity index (χ0n) is 14.8. The van der Waals surface area contributed by atoms with Crippen LogP contribution in [0, 0.1) is 0 Å². The van der Waals surface area contributed by atoms with Crippen LogP contribution in [0.2, 0.25) is 0 Å². The minimum atomic E-state index is -0.0333. The highest BCUT2D eigenvalue weighted by molar-refractivity contribution is 5.91. The second kappa shape index (κ2) is 8.97. The van der Waals surface area contributed by atoms with Crippen molar-refractivity contribution in [3.05, 3.63) is 84.2 Å². The molecular weight excluding hydrogens is 326 g/mol. The van der Waals surface area contributed by atoms with Gasteiger partial charge in [0.1, 0.15) is 0 Å². The molecule has 0 fully saturated rings. The number of nitrogens with one attached hydrogen (secondary N) is 1. The molecule has 0 atom stereocenters. The highest BCUT2D eigenvalue weighted by Crippen LogP contribution is 2.28. The Morgan fingerprint density at radius 3 is 2.27 bits per heavy atom. The summed E-state index contributed by atoms with van der Waals surface area (Å²) in [6.45, 7) is 1.24. The van der Waals surface area contributed by atoms with Crippen molar-refractivity contribution in [1.29, 1.82) is 0 Å². The van der Waals surface area contributed by atoms with Crippen molar-refractivity contribution in [3.63, 3.8) is 0 Å². The van der Waals surface area contributed by atoms with Crippen molar-refractivity contribution in [2.24, 2.45) is 0 Å². The molecule has 3 rings (SSSR count). The largest absolute Gasteiger partial charge is 0.383 e. The predicted octanol–water partition coefficient (Wildman–Crippen LogP) is 3.69. The topological polar surface area (TPSA) is 56.1 Å². The van der Waals surface area contributed by atoms with E-state index in [0.29, 0.717) is 25.3 Å². The Bertz CT molecular complexity index is 776. The average molecular weight is 349 g/mol. The van der Waals surface area contributed by atoms with Crippen LogP contribution in [0.4, 0.5) is 5.69 Å². The smallest absolute Gasteiger partial charge is 0.225 e. The molecule has 0 aliphatic heterocycles. The standard InChI is InChI=1S/C21H23N3O2/c1-26-13-12-24-16-19(15-22-24)23-21(25)14-20(17-8-4-2-5-9-17)18-10-6-3-7-11-18/h2-11,15-16,20H,12-14H2,1H3,(H,23,25). The summed E-state index contributed by atoms with van der Waals surface area (Å²) in [6, 6.07) is 20.2. The fourth-order valence-electron chi connectivity index (χ4n) is 2.93. The Labute approximate surface area is 153 Å². The number of hydrogen-bond acceptors (Lipinski definition) is 3. The molecule has 0 bridgehead atoms. The zero-order chi connectivity index (χ0) is 18.2. The first kappa shape index (κ1) is 17.9. The molecule has 2 aromatic carbocycles. The third-order valence-electron chi connectivity index (χ3n) is 4.23. The van der Waals surface area contributed by atoms with E-state index in [1.807, 2.05) is 42.6 Å². The number of amides is 1. The van der Waals surface area contributed by atoms with Crippen molar-refractivity contribution < 1.29 is 9.53 Å². The Morgan fingerprint density at radius 1 is 1.08 bits per heavy atom. The summed E-state index contributed by atoms with van der Waals surface area (Å²) in [7, 11) is 1.65. The van der Waals surface area contributed by atoms with Gasteiger partial charge in [-0.2, -0.15) is 5.10 Å². The van der Waals surface area contributed by atoms with Gasteiger partial charge in [0.15, 0.2) is 0 Å². The third-order valence-corrected chi connectivity index (χ3v) is 4.23. The van der Waals surface area contributed by atoms with Crippen LogP contribution < -0.4 is 5.32 Å². The summed E-state index contributed by atoms with van der Waals surface area (Å²) >= 11 is 0. The molecule has 3 aromatic rings. The van der Waals surface area contributed by atoms with Crippen LogP contribution in [0.15, 0.2) is 73.1 Å². The van der Waals surface area contributed by atoms with Gasteiger partial charge in [0.05, 0.1) is 25.0 Å². The summed E-state index contributed by atoms with van der Waals surface area (Å²) in [5, 5.41) is 7.17. The molecule has 1 amide bonds. The molecule has 134 valence electrons. The lowest BCUT2D eigenvalue weighted by Crippen LogP contribution is -2.16. The summed E-state index contributed by atoms with van der Waals surface area (Å²) in [6.07, 6.45) is 3.85. The van der Waals surface area contributed by atoms with Gasteiger partial charge >= 0.3 is 0 Å². The molecule has 0 unspecified atom stereocenters. The van der Waals surface area contributed by atoms with E-state index in [9.17, 15) is 4.79 Å². The van der Waals surface area contributed by atoms with Gasteiger partial charge in [-0.3, -0.25) is 9.48 Å². The van der Waals surface area contributed by atoms with E-state index in [4.69, 9.17) is 4.74 Å². The molecule has 0 saturated carbocycles. The first-order valence-electron chi connectivity index (χ1n) is 8.67. The Morgan fingerprint density at radius 2 is 1.69 bits per heavy atom. The maximum atomic E-state index is 12.6. The van der Waals surface area contributed by atoms with Crippen molar-refractivity contribution in [2.75, 3.05) is 19.0 Å². The number of nitrogens with zero attached hydrogens (tertiary/aromatic N) is 2. The summed E-state index contributed by atoms with van der Waals surface area (Å²) in [4.78, 5) is 12.6. The fraction of sp³-hybridized carbons (Fsp3) is 0.238. The molecule has 0 radical (unpaired) electrons. The number of aromatic nitrogens is 2. The Hall–Kier alpha value is -2.92. The van der Waals surface area contributed by atoms with Crippen molar-refractivity contribution in [1.82, 2.24) is 9.78 Å². The highest BCUT2D eigenvalue weighted by Gasteiger charge is 2.18. The maximum Gasteiger partial charge on any atom is 0.225 e. The number of carbonyl (C=O) groups is 1. The van der Waals surface area contributed by atoms with Gasteiger partial charge in [-0.25, -0.2) is 0 Å². The van der Waals surface area contributed by atoms with Crippen LogP contribution in [-0.4, -0.2) is 29.4 Å². The molecule has 0 saturated heterocycles. The minimum Gasteiger partial charge on any atom is -0.383 e. The first-order chi connectivity index (χ1) is 12.8. The van der Waals surface area contributed by atoms with E-state index in [1.54, 1.807) is 18.0 Å². The number of rotatable bonds is 8. The van der Waals surface area contributed by atoms with Gasteiger partial charge in [0.2, 0.25) is 5.91 Å². The van der Waals surface area contributed by atoms with Gasteiger partial charge in [-0.1, -0.05) is 60.7 Å². The van der Waals surface area contributed by atoms with E-state index < -0.39 is 0 Å². The molecule has 5 nitrogen and oxygen atoms in total. The third kappa shape index (κ3) is 4.80. The number of anilines is 1. The lowest BCUT2D eigenvalue weighted by atomic mass is 9.88. The van der Waals surface area contributed by atoms with Crippen LogP contribution in [0.5, 0.6) is 0 Å². The normalized spacial score (nSPS) is 10.8. The second-order valence-corrected chi connectivity index (χ2v) is 6.11. The highest BCUT2D eigenvalue weighted by atomic mass is 16.5. The Kier molecular flexibility index (Phi) is 6.17. The van der Waals surface area contributed by atoms with E-state index in [2.05, 4.69) is 34.7 Å². The molecular formula is C21H23N3O2. The monoisotopic (exact) mass is 349 g/mol. The van der Waals surface area contributed by atoms with E-state index in [1.165, 1.54) is 0 Å². The van der Waals surface area contributed by atoms with Crippen LogP contribution in [0.25, 0.3) is 0 Å². The number of hydrogen-bond donors (Lipinski definition) is 1. The second-order valence-electron chi connectivity index (χ2n) is 6.11. The summed E-state index contributed by atoms with van der Waals surface area (Å²) in [5.74, 6) is -0.0186. The van der Waals surface area contributed by atoms with Gasteiger partial charge in [-0.15, -0.1) is 0 Å². The van der Waals surface area contributed by atoms with E-state index in [0.717, 1.165) is 11.1 Å². The van der Waals surface area contributed by atoms with Crippen LogP contribution in [0.3, 0.4) is 0 Å². The number of ether oxygens (including phenoxy) is 1. The lowest BCUT2D eigenvalue weighted by molar-refractivity contribution is -0.116. The van der Waals surface area contributed by atoms with Gasteiger partial charge in [0.25, 0.3) is 0 Å². The lowest BCUT2D eigenvalue weighted by Gasteiger charge is -2.17. The number of carbonyl (C=O) groups excluding carboxylic acids is 1. The van der Waals surface area contributed by atoms with Gasteiger partial charge < -0.3 is 10.1 Å². The predicted molar refractivity (Wildman–Crippen MR) is 102 cm³/mol. The van der Waals surface area contributed by atoms with Crippen molar-refractivity contribution >= 4 is 11.6 Å². The molecule has 1 heterocycles. The van der Waals surface area contributed by atoms with Gasteiger partial charge in [0, 0.05) is 25.6 Å². The first-order valence-corrected chi connectivity index (χ1v) is 8.67. The molecule has 1 aromatic heterocycles. The molecule has 26 heavy (non-hydrogen) atoms. The van der Waals surface area contributed by atoms with E-state index in [-0.39, 0.29) is 11.8 Å². The molecule has 0 spiro atoms. The molecule has 5 heteroatoms. The average Bonchev–Trinajstić information content (AvgIpc) is 3.13. The molecule has 0 aliphatic carbocycles. The van der Waals surface area contributed by atoms with Crippen LogP contribution in [-0.2, 0) is 16.1 Å². The maximum absolute atomic E-state index is 12.6. The SMILES string of the molecule is COCCn1cc(NC(=O)CC(c2ccccc2)c2ccccc2)cn1. The fourth-order valence-corrected chi connectivity index (χ4v) is 2.93. The molecule has 1 N–H and O–H groups in total. The minimum absolute atomic E-state index is 0.0148. The quantitative estimate of drug-likeness (QED) is 0.675.